The highest BCUT2D eigenvalue weighted by Crippen LogP contribution is 2.25. The summed E-state index contributed by atoms with van der Waals surface area (Å²) in [5.41, 5.74) is 3.73. The summed E-state index contributed by atoms with van der Waals surface area (Å²) in [4.78, 5) is 19.6. The fourth-order valence-electron chi connectivity index (χ4n) is 3.29. The lowest BCUT2D eigenvalue weighted by molar-refractivity contribution is 0.0951. The van der Waals surface area contributed by atoms with Crippen molar-refractivity contribution in [2.45, 2.75) is 11.4 Å². The molecule has 0 atom stereocenters. The number of halogens is 1. The van der Waals surface area contributed by atoms with Crippen LogP contribution in [0, 0.1) is 0 Å². The van der Waals surface area contributed by atoms with E-state index in [9.17, 15) is 17.1 Å². The van der Waals surface area contributed by atoms with Gasteiger partial charge in [0.1, 0.15) is 11.6 Å². The van der Waals surface area contributed by atoms with Crippen LogP contribution in [0.5, 0.6) is 5.75 Å². The Morgan fingerprint density at radius 1 is 1.03 bits per heavy atom. The molecular formula is C24H20FN3O4S. The summed E-state index contributed by atoms with van der Waals surface area (Å²) in [6, 6.07) is 19.9. The van der Waals surface area contributed by atoms with Gasteiger partial charge in [-0.05, 0) is 48.0 Å². The number of amides is 1. The average Bonchev–Trinajstić information content (AvgIpc) is 3.33. The van der Waals surface area contributed by atoms with Crippen LogP contribution in [-0.4, -0.2) is 31.4 Å². The van der Waals surface area contributed by atoms with Crippen LogP contribution < -0.4 is 10.1 Å². The third-order valence-corrected chi connectivity index (χ3v) is 5.84. The standard InChI is InChI=1S/C24H20FN3O4S/c1-32-20-7-3-5-18(13-20)22-15-26-23(28-22)19-6-2-4-16(12-19)14-27-24(29)17-8-10-21(11-9-17)33(25,30)31/h2-13,15H,14H2,1H3,(H,26,28)(H,27,29). The van der Waals surface area contributed by atoms with Gasteiger partial charge in [-0.3, -0.25) is 4.79 Å². The minimum atomic E-state index is -4.80. The molecule has 0 radical (unpaired) electrons. The number of rotatable bonds is 7. The molecule has 0 spiro atoms. The molecule has 2 N–H and O–H groups in total. The first kappa shape index (κ1) is 22.2. The molecule has 0 unspecified atom stereocenters. The van der Waals surface area contributed by atoms with Crippen LogP contribution in [-0.2, 0) is 16.8 Å². The van der Waals surface area contributed by atoms with E-state index in [0.29, 0.717) is 5.82 Å². The van der Waals surface area contributed by atoms with E-state index in [1.54, 1.807) is 13.3 Å². The number of carbonyl (C=O) groups excluding carboxylic acids is 1. The number of ether oxygens (including phenoxy) is 1. The zero-order chi connectivity index (χ0) is 23.4. The molecule has 7 nitrogen and oxygen atoms in total. The minimum Gasteiger partial charge on any atom is -0.497 e. The monoisotopic (exact) mass is 465 g/mol. The van der Waals surface area contributed by atoms with E-state index in [1.165, 1.54) is 12.1 Å². The van der Waals surface area contributed by atoms with Gasteiger partial charge in [0.25, 0.3) is 5.91 Å². The second-order valence-electron chi connectivity index (χ2n) is 7.22. The lowest BCUT2D eigenvalue weighted by Crippen LogP contribution is -2.22. The van der Waals surface area contributed by atoms with Crippen LogP contribution in [0.2, 0.25) is 0 Å². The van der Waals surface area contributed by atoms with Crippen molar-refractivity contribution < 1.29 is 21.8 Å². The number of hydrogen-bond acceptors (Lipinski definition) is 5. The maximum absolute atomic E-state index is 13.0. The Morgan fingerprint density at radius 2 is 1.76 bits per heavy atom. The van der Waals surface area contributed by atoms with E-state index < -0.39 is 21.0 Å². The van der Waals surface area contributed by atoms with Gasteiger partial charge in [0.15, 0.2) is 0 Å². The Hall–Kier alpha value is -3.98. The molecule has 168 valence electrons. The molecule has 3 aromatic carbocycles. The first-order valence-corrected chi connectivity index (χ1v) is 11.3. The topological polar surface area (TPSA) is 101 Å². The third-order valence-electron chi connectivity index (χ3n) is 5.01. The molecule has 0 bridgehead atoms. The summed E-state index contributed by atoms with van der Waals surface area (Å²) in [6.45, 7) is 0.249. The molecule has 9 heteroatoms. The van der Waals surface area contributed by atoms with Gasteiger partial charge in [-0.15, -0.1) is 3.89 Å². The first-order chi connectivity index (χ1) is 15.8. The number of nitrogens with one attached hydrogen (secondary N) is 2. The summed E-state index contributed by atoms with van der Waals surface area (Å²) < 4.78 is 40.1. The van der Waals surface area contributed by atoms with E-state index in [4.69, 9.17) is 4.74 Å². The molecule has 0 saturated carbocycles. The van der Waals surface area contributed by atoms with Crippen LogP contribution in [0.1, 0.15) is 15.9 Å². The summed E-state index contributed by atoms with van der Waals surface area (Å²) in [5.74, 6) is 1.04. The Morgan fingerprint density at radius 3 is 2.48 bits per heavy atom. The van der Waals surface area contributed by atoms with Crippen LogP contribution in [0.3, 0.4) is 0 Å². The maximum atomic E-state index is 13.0. The van der Waals surface area contributed by atoms with Crippen molar-refractivity contribution in [2.24, 2.45) is 0 Å². The van der Waals surface area contributed by atoms with Gasteiger partial charge >= 0.3 is 10.2 Å². The Balaban J connectivity index is 1.45. The molecule has 0 aliphatic heterocycles. The molecule has 4 aromatic rings. The van der Waals surface area contributed by atoms with Gasteiger partial charge in [-0.25, -0.2) is 4.98 Å². The zero-order valence-corrected chi connectivity index (χ0v) is 18.4. The number of methoxy groups -OCH3 is 1. The Kier molecular flexibility index (Phi) is 6.23. The molecule has 1 heterocycles. The average molecular weight is 466 g/mol. The highest BCUT2D eigenvalue weighted by molar-refractivity contribution is 7.86. The second-order valence-corrected chi connectivity index (χ2v) is 8.57. The number of H-pyrrole nitrogens is 1. The number of imidazole rings is 1. The highest BCUT2D eigenvalue weighted by Gasteiger charge is 2.13. The minimum absolute atomic E-state index is 0.229. The van der Waals surface area contributed by atoms with Crippen LogP contribution in [0.15, 0.2) is 83.9 Å². The largest absolute Gasteiger partial charge is 0.497 e. The number of aromatic nitrogens is 2. The smallest absolute Gasteiger partial charge is 0.332 e. The third kappa shape index (κ3) is 5.27. The lowest BCUT2D eigenvalue weighted by Gasteiger charge is -2.07. The number of hydrogen-bond donors (Lipinski definition) is 2. The SMILES string of the molecule is COc1cccc(-c2cnc(-c3cccc(CNC(=O)c4ccc(S(=O)(=O)F)cc4)c3)[nH]2)c1. The van der Waals surface area contributed by atoms with E-state index in [0.717, 1.165) is 40.3 Å². The van der Waals surface area contributed by atoms with E-state index >= 15 is 0 Å². The number of carbonyl (C=O) groups is 1. The summed E-state index contributed by atoms with van der Waals surface area (Å²) >= 11 is 0. The van der Waals surface area contributed by atoms with Gasteiger partial charge in [0.05, 0.1) is 23.9 Å². The first-order valence-electron chi connectivity index (χ1n) is 9.95. The summed E-state index contributed by atoms with van der Waals surface area (Å²) in [6.07, 6.45) is 1.75. The number of aromatic amines is 1. The quantitative estimate of drug-likeness (QED) is 0.396. The maximum Gasteiger partial charge on any atom is 0.332 e. The van der Waals surface area contributed by atoms with Gasteiger partial charge in [-0.1, -0.05) is 30.3 Å². The van der Waals surface area contributed by atoms with Gasteiger partial charge in [-0.2, -0.15) is 8.42 Å². The Bertz CT molecular complexity index is 1400. The van der Waals surface area contributed by atoms with Crippen molar-refractivity contribution in [2.75, 3.05) is 7.11 Å². The normalized spacial score (nSPS) is 11.2. The van der Waals surface area contributed by atoms with Crippen LogP contribution in [0.25, 0.3) is 22.6 Å². The predicted octanol–water partition coefficient (Wildman–Crippen LogP) is 4.34. The summed E-state index contributed by atoms with van der Waals surface area (Å²) in [7, 11) is -3.18. The molecule has 0 aliphatic rings. The molecule has 0 aliphatic carbocycles. The molecule has 1 aromatic heterocycles. The van der Waals surface area contributed by atoms with Crippen molar-refractivity contribution in [3.8, 4) is 28.4 Å². The highest BCUT2D eigenvalue weighted by atomic mass is 32.3. The fraction of sp³-hybridized carbons (Fsp3) is 0.0833. The van der Waals surface area contributed by atoms with Crippen LogP contribution in [0.4, 0.5) is 3.89 Å². The molecule has 33 heavy (non-hydrogen) atoms. The predicted molar refractivity (Wildman–Crippen MR) is 122 cm³/mol. The zero-order valence-electron chi connectivity index (χ0n) is 17.6. The number of benzene rings is 3. The fourth-order valence-corrected chi connectivity index (χ4v) is 3.75. The second kappa shape index (κ2) is 9.25. The van der Waals surface area contributed by atoms with Gasteiger partial charge in [0.2, 0.25) is 0 Å². The van der Waals surface area contributed by atoms with Crippen LogP contribution >= 0.6 is 0 Å². The molecular weight excluding hydrogens is 445 g/mol. The van der Waals surface area contributed by atoms with E-state index in [1.807, 2.05) is 48.5 Å². The summed E-state index contributed by atoms with van der Waals surface area (Å²) in [5, 5.41) is 2.77. The van der Waals surface area contributed by atoms with Crippen molar-refractivity contribution in [1.29, 1.82) is 0 Å². The molecule has 0 fully saturated rings. The van der Waals surface area contributed by atoms with Gasteiger partial charge < -0.3 is 15.0 Å². The van der Waals surface area contributed by atoms with Crippen molar-refractivity contribution in [1.82, 2.24) is 15.3 Å². The van der Waals surface area contributed by atoms with Crippen molar-refractivity contribution >= 4 is 16.1 Å². The van der Waals surface area contributed by atoms with Crippen molar-refractivity contribution in [3.63, 3.8) is 0 Å². The molecule has 4 rings (SSSR count). The van der Waals surface area contributed by atoms with E-state index in [2.05, 4.69) is 15.3 Å². The molecule has 1 amide bonds. The Labute approximate surface area is 190 Å². The van der Waals surface area contributed by atoms with Crippen molar-refractivity contribution in [3.05, 3.63) is 90.1 Å². The van der Waals surface area contributed by atoms with E-state index in [-0.39, 0.29) is 12.1 Å². The lowest BCUT2D eigenvalue weighted by atomic mass is 10.1. The number of nitrogens with zero attached hydrogens (tertiary/aromatic N) is 1. The van der Waals surface area contributed by atoms with Gasteiger partial charge in [0, 0.05) is 23.2 Å². The molecule has 0 saturated heterocycles.